The lowest BCUT2D eigenvalue weighted by molar-refractivity contribution is -0.139. The molecule has 7 rings (SSSR count). The summed E-state index contributed by atoms with van der Waals surface area (Å²) in [6, 6.07) is 23.5. The number of rotatable bonds is 19. The van der Waals surface area contributed by atoms with E-state index in [1.807, 2.05) is 44.7 Å². The standard InChI is InChI=1S/C48H75N9O4.C11H13NO/c1-30(49-10)43(58)54-41(47(4,5)6)32(3)57-29-37(25-40(57)45(60)53-39-18-14-16-35-15-12-13-17-38(35)39)52-27-34-21-19-33(20-22-34)26-51-36-23-24-56(28-36)46(61)42(48(7,8)9)55-44(59)31(2)50-11;13-8-12-11-7-3-5-9-4-1-2-6-10(9)11/h12-13,15,17,19-22,30-31,36-37,39-42,49-52H,3,14,16,18,23-29H2,1-2,4-11H3,(H,53,60)(H,54,58)(H,55,59);1-2,4,6,8,11H,3,5,7H2,(H,12,13)/t30-,31-,36-,37-,39+,40-,41+,42+;11-/m01/s1. The van der Waals surface area contributed by atoms with Crippen LogP contribution in [0.2, 0.25) is 0 Å². The Morgan fingerprint density at radius 2 is 1.18 bits per heavy atom. The third kappa shape index (κ3) is 15.3. The molecule has 2 aliphatic heterocycles. The summed E-state index contributed by atoms with van der Waals surface area (Å²) in [4.78, 5) is 68.2. The molecular weight excluding hydrogens is 929 g/mol. The predicted octanol–water partition coefficient (Wildman–Crippen LogP) is 5.70. The van der Waals surface area contributed by atoms with Crippen LogP contribution in [0.1, 0.15) is 139 Å². The highest BCUT2D eigenvalue weighted by molar-refractivity contribution is 5.90. The van der Waals surface area contributed by atoms with Gasteiger partial charge in [0.15, 0.2) is 0 Å². The number of benzene rings is 3. The van der Waals surface area contributed by atoms with Crippen molar-refractivity contribution in [1.82, 2.24) is 52.3 Å². The first kappa shape index (κ1) is 57.7. The summed E-state index contributed by atoms with van der Waals surface area (Å²) in [6.45, 7) is 23.6. The van der Waals surface area contributed by atoms with Gasteiger partial charge < -0.3 is 52.3 Å². The van der Waals surface area contributed by atoms with E-state index in [1.165, 1.54) is 28.7 Å². The largest absolute Gasteiger partial charge is 0.360 e. The average molecular weight is 1020 g/mol. The average Bonchev–Trinajstić information content (AvgIpc) is 4.06. The second-order valence-corrected chi connectivity index (χ2v) is 23.2. The molecule has 0 unspecified atom stereocenters. The SMILES string of the molecule is C=C([C@@H](NC(=O)[C@H](C)NC)C(C)(C)C)N1C[C@@H](NCc2ccc(CN[C@H]3CCN(C(=O)[C@@H](NC(=O)[C@H](C)NC)C(C)(C)C)C3)cc2)C[C@H]1C(=O)N[C@@H]1CCCc2ccccc21.O=CN[C@@H]1CCCc2ccccc21. The maximum Gasteiger partial charge on any atom is 0.245 e. The smallest absolute Gasteiger partial charge is 0.245 e. The summed E-state index contributed by atoms with van der Waals surface area (Å²) >= 11 is 0. The van der Waals surface area contributed by atoms with Gasteiger partial charge >= 0.3 is 0 Å². The maximum atomic E-state index is 14.3. The zero-order valence-electron chi connectivity index (χ0n) is 46.0. The summed E-state index contributed by atoms with van der Waals surface area (Å²) in [5, 5.41) is 25.9. The van der Waals surface area contributed by atoms with Crippen molar-refractivity contribution in [2.45, 2.75) is 174 Å². The van der Waals surface area contributed by atoms with Gasteiger partial charge in [-0.15, -0.1) is 0 Å². The van der Waals surface area contributed by atoms with Crippen LogP contribution in [0, 0.1) is 10.8 Å². The summed E-state index contributed by atoms with van der Waals surface area (Å²) < 4.78 is 0. The normalized spacial score (nSPS) is 22.1. The van der Waals surface area contributed by atoms with Crippen molar-refractivity contribution in [2.75, 3.05) is 33.7 Å². The molecule has 3 aromatic rings. The minimum Gasteiger partial charge on any atom is -0.360 e. The number of hydrogen-bond acceptors (Lipinski definition) is 10. The Bertz CT molecular complexity index is 2380. The number of hydrogen-bond donors (Lipinski definition) is 8. The van der Waals surface area contributed by atoms with Crippen LogP contribution < -0.4 is 42.5 Å². The van der Waals surface area contributed by atoms with Crippen LogP contribution in [0.25, 0.3) is 0 Å². The van der Waals surface area contributed by atoms with E-state index in [-0.39, 0.29) is 71.3 Å². The maximum absolute atomic E-state index is 14.3. The van der Waals surface area contributed by atoms with Crippen LogP contribution in [-0.4, -0.2) is 116 Å². The van der Waals surface area contributed by atoms with Crippen molar-refractivity contribution in [3.05, 3.63) is 118 Å². The molecule has 2 aliphatic carbocycles. The monoisotopic (exact) mass is 1020 g/mol. The first-order valence-corrected chi connectivity index (χ1v) is 27.1. The van der Waals surface area contributed by atoms with Crippen LogP contribution in [0.3, 0.4) is 0 Å². The minimum absolute atomic E-state index is 0.0127. The lowest BCUT2D eigenvalue weighted by Gasteiger charge is -2.40. The van der Waals surface area contributed by atoms with Gasteiger partial charge in [0.25, 0.3) is 0 Å². The molecule has 2 heterocycles. The molecule has 2 saturated heterocycles. The Hall–Kier alpha value is -5.61. The minimum atomic E-state index is -0.607. The van der Waals surface area contributed by atoms with Crippen molar-refractivity contribution in [1.29, 1.82) is 0 Å². The highest BCUT2D eigenvalue weighted by Crippen LogP contribution is 2.34. The van der Waals surface area contributed by atoms with E-state index in [4.69, 9.17) is 0 Å². The lowest BCUT2D eigenvalue weighted by Crippen LogP contribution is -2.57. The molecule has 404 valence electrons. The van der Waals surface area contributed by atoms with E-state index in [0.717, 1.165) is 61.8 Å². The number of likely N-dealkylation sites (N-methyl/N-ethyl adjacent to an activating group) is 2. The molecule has 2 fully saturated rings. The van der Waals surface area contributed by atoms with Gasteiger partial charge in [-0.3, -0.25) is 24.0 Å². The molecule has 0 radical (unpaired) electrons. The van der Waals surface area contributed by atoms with Crippen LogP contribution in [0.5, 0.6) is 0 Å². The zero-order chi connectivity index (χ0) is 53.7. The summed E-state index contributed by atoms with van der Waals surface area (Å²) in [5.41, 5.74) is 7.44. The zero-order valence-corrected chi connectivity index (χ0v) is 46.0. The Morgan fingerprint density at radius 3 is 1.70 bits per heavy atom. The van der Waals surface area contributed by atoms with Gasteiger partial charge in [-0.1, -0.05) is 121 Å². The number of likely N-dealkylation sites (tertiary alicyclic amines) is 2. The molecular formula is C59H88N10O5. The highest BCUT2D eigenvalue weighted by atomic mass is 16.2. The van der Waals surface area contributed by atoms with E-state index in [1.54, 1.807) is 21.0 Å². The Balaban J connectivity index is 0.000000590. The lowest BCUT2D eigenvalue weighted by atomic mass is 9.84. The molecule has 4 aliphatic rings. The topological polar surface area (TPSA) is 188 Å². The number of nitrogens with one attached hydrogen (secondary N) is 8. The quantitative estimate of drug-likeness (QED) is 0.0693. The van der Waals surface area contributed by atoms with Crippen molar-refractivity contribution >= 4 is 30.0 Å². The molecule has 5 amide bonds. The number of carbonyl (C=O) groups is 5. The number of aryl methyl sites for hydroxylation is 2. The van der Waals surface area contributed by atoms with Gasteiger partial charge in [-0.2, -0.15) is 0 Å². The van der Waals surface area contributed by atoms with Gasteiger partial charge in [-0.05, 0) is 124 Å². The number of nitrogens with zero attached hydrogens (tertiary/aromatic N) is 2. The Labute approximate surface area is 442 Å². The van der Waals surface area contributed by atoms with E-state index in [0.29, 0.717) is 39.1 Å². The molecule has 74 heavy (non-hydrogen) atoms. The summed E-state index contributed by atoms with van der Waals surface area (Å²) in [5.74, 6) is -0.342. The fourth-order valence-corrected chi connectivity index (χ4v) is 10.8. The van der Waals surface area contributed by atoms with Crippen LogP contribution in [0.15, 0.2) is 85.1 Å². The molecule has 0 spiro atoms. The fraction of sp³-hybridized carbons (Fsp3) is 0.576. The first-order chi connectivity index (χ1) is 35.2. The third-order valence-corrected chi connectivity index (χ3v) is 15.5. The van der Waals surface area contributed by atoms with Gasteiger partial charge in [0.2, 0.25) is 30.0 Å². The summed E-state index contributed by atoms with van der Waals surface area (Å²) in [7, 11) is 3.50. The highest BCUT2D eigenvalue weighted by Gasteiger charge is 2.43. The van der Waals surface area contributed by atoms with E-state index in [2.05, 4.69) is 135 Å². The van der Waals surface area contributed by atoms with Crippen molar-refractivity contribution in [3.63, 3.8) is 0 Å². The molecule has 15 heteroatoms. The van der Waals surface area contributed by atoms with Crippen molar-refractivity contribution in [2.24, 2.45) is 10.8 Å². The van der Waals surface area contributed by atoms with Crippen LogP contribution >= 0.6 is 0 Å². The molecule has 3 aromatic carbocycles. The van der Waals surface area contributed by atoms with E-state index in [9.17, 15) is 24.0 Å². The van der Waals surface area contributed by atoms with Gasteiger partial charge in [0.05, 0.1) is 30.2 Å². The summed E-state index contributed by atoms with van der Waals surface area (Å²) in [6.07, 6.45) is 8.59. The first-order valence-electron chi connectivity index (χ1n) is 27.1. The van der Waals surface area contributed by atoms with Gasteiger partial charge in [-0.25, -0.2) is 0 Å². The van der Waals surface area contributed by atoms with E-state index < -0.39 is 17.5 Å². The molecule has 15 nitrogen and oxygen atoms in total. The molecule has 8 N–H and O–H groups in total. The number of carbonyl (C=O) groups excluding carboxylic acids is 5. The Morgan fingerprint density at radius 1 is 0.676 bits per heavy atom. The van der Waals surface area contributed by atoms with Crippen LogP contribution in [0.4, 0.5) is 0 Å². The second-order valence-electron chi connectivity index (χ2n) is 23.2. The predicted molar refractivity (Wildman–Crippen MR) is 295 cm³/mol. The van der Waals surface area contributed by atoms with Gasteiger partial charge in [0.1, 0.15) is 12.1 Å². The van der Waals surface area contributed by atoms with Crippen molar-refractivity contribution in [3.8, 4) is 0 Å². The third-order valence-electron chi connectivity index (χ3n) is 15.5. The molecule has 0 bridgehead atoms. The fourth-order valence-electron chi connectivity index (χ4n) is 10.8. The number of fused-ring (bicyclic) bond motifs is 2. The van der Waals surface area contributed by atoms with Gasteiger partial charge in [0, 0.05) is 50.5 Å². The second kappa shape index (κ2) is 26.2. The molecule has 0 aromatic heterocycles. The molecule has 9 atom stereocenters. The van der Waals surface area contributed by atoms with Crippen LogP contribution in [-0.2, 0) is 49.9 Å². The number of amides is 5. The van der Waals surface area contributed by atoms with E-state index >= 15 is 0 Å². The Kier molecular flexibility index (Phi) is 20.4. The molecule has 0 saturated carbocycles. The van der Waals surface area contributed by atoms with Crippen molar-refractivity contribution < 1.29 is 24.0 Å².